The number of fused-ring (bicyclic) bond motifs is 1. The number of benzene rings is 1. The fourth-order valence-electron chi connectivity index (χ4n) is 5.01. The average Bonchev–Trinajstić information content (AvgIpc) is 2.98. The van der Waals surface area contributed by atoms with Gasteiger partial charge >= 0.3 is 0 Å². The monoisotopic (exact) mass is 329 g/mol. The Morgan fingerprint density at radius 3 is 2.38 bits per heavy atom. The van der Waals surface area contributed by atoms with Gasteiger partial charge in [-0.2, -0.15) is 0 Å². The molecular weight excluding hydrogens is 298 g/mol. The predicted molar refractivity (Wildman–Crippen MR) is 99.7 cm³/mol. The van der Waals surface area contributed by atoms with E-state index in [1.165, 1.54) is 63.0 Å². The van der Waals surface area contributed by atoms with Crippen LogP contribution in [0.4, 0.5) is 11.4 Å². The summed E-state index contributed by atoms with van der Waals surface area (Å²) in [5.74, 6) is 0. The number of rotatable bonds is 3. The van der Waals surface area contributed by atoms with E-state index in [-0.39, 0.29) is 0 Å². The highest BCUT2D eigenvalue weighted by atomic mass is 16.5. The number of nitrogens with zero attached hydrogens (tertiary/aromatic N) is 2. The number of para-hydroxylation sites is 2. The Labute approximate surface area is 146 Å². The van der Waals surface area contributed by atoms with Gasteiger partial charge in [-0.25, -0.2) is 0 Å². The number of hydrogen-bond donors (Lipinski definition) is 1. The van der Waals surface area contributed by atoms with Gasteiger partial charge in [-0.15, -0.1) is 0 Å². The summed E-state index contributed by atoms with van der Waals surface area (Å²) in [6, 6.07) is 10.2. The van der Waals surface area contributed by atoms with Crippen LogP contribution in [0.5, 0.6) is 0 Å². The Balaban J connectivity index is 1.35. The molecule has 1 aromatic rings. The van der Waals surface area contributed by atoms with E-state index < -0.39 is 0 Å². The van der Waals surface area contributed by atoms with Gasteiger partial charge in [0.15, 0.2) is 0 Å². The van der Waals surface area contributed by atoms with Gasteiger partial charge in [0.2, 0.25) is 0 Å². The molecule has 0 aromatic heterocycles. The third kappa shape index (κ3) is 3.02. The first-order valence-corrected chi connectivity index (χ1v) is 9.67. The van der Waals surface area contributed by atoms with Crippen LogP contribution < -0.4 is 10.2 Å². The van der Waals surface area contributed by atoms with Crippen LogP contribution in [0.1, 0.15) is 45.4 Å². The maximum absolute atomic E-state index is 5.52. The lowest BCUT2D eigenvalue weighted by atomic mass is 9.90. The van der Waals surface area contributed by atoms with Crippen molar-refractivity contribution in [3.8, 4) is 0 Å². The van der Waals surface area contributed by atoms with Crippen molar-refractivity contribution >= 4 is 11.4 Å². The minimum absolute atomic E-state index is 0.413. The number of hydrogen-bond acceptors (Lipinski definition) is 4. The molecule has 0 radical (unpaired) electrons. The molecule has 1 saturated heterocycles. The zero-order valence-corrected chi connectivity index (χ0v) is 15.1. The molecule has 24 heavy (non-hydrogen) atoms. The second kappa shape index (κ2) is 6.93. The first kappa shape index (κ1) is 16.2. The van der Waals surface area contributed by atoms with E-state index in [2.05, 4.69) is 46.3 Å². The van der Waals surface area contributed by atoms with Crippen LogP contribution in [0, 0.1) is 0 Å². The predicted octanol–water partition coefficient (Wildman–Crippen LogP) is 3.69. The summed E-state index contributed by atoms with van der Waals surface area (Å²) in [5.41, 5.74) is 2.69. The number of nitrogens with one attached hydrogen (secondary N) is 1. The maximum Gasteiger partial charge on any atom is 0.0965 e. The van der Waals surface area contributed by atoms with Crippen molar-refractivity contribution in [1.82, 2.24) is 4.90 Å². The molecule has 4 rings (SSSR count). The molecule has 0 spiro atoms. The fourth-order valence-corrected chi connectivity index (χ4v) is 5.01. The van der Waals surface area contributed by atoms with Crippen molar-refractivity contribution in [2.45, 2.75) is 69.8 Å². The van der Waals surface area contributed by atoms with Crippen molar-refractivity contribution < 1.29 is 4.74 Å². The summed E-state index contributed by atoms with van der Waals surface area (Å²) in [5, 5.41) is 3.63. The summed E-state index contributed by atoms with van der Waals surface area (Å²) in [4.78, 5) is 5.37. The highest BCUT2D eigenvalue weighted by Gasteiger charge is 2.35. The van der Waals surface area contributed by atoms with E-state index in [9.17, 15) is 0 Å². The summed E-state index contributed by atoms with van der Waals surface area (Å²) >= 11 is 0. The molecule has 2 aliphatic heterocycles. The highest BCUT2D eigenvalue weighted by Crippen LogP contribution is 2.38. The standard InChI is InChI=1S/C20H31N3O/c1-15-21-19-5-3-4-6-20(19)23(15)17-11-13-22(14-12-17)16-7-9-18(24-2)10-8-16/h3-6,15-18,21H,7-14H2,1-2H3. The highest BCUT2D eigenvalue weighted by molar-refractivity contribution is 5.76. The molecule has 0 amide bonds. The Bertz CT molecular complexity index is 548. The van der Waals surface area contributed by atoms with E-state index >= 15 is 0 Å². The van der Waals surface area contributed by atoms with Crippen molar-refractivity contribution in [3.05, 3.63) is 24.3 Å². The molecule has 132 valence electrons. The van der Waals surface area contributed by atoms with E-state index in [1.54, 1.807) is 0 Å². The molecular formula is C20H31N3O. The topological polar surface area (TPSA) is 27.7 Å². The number of piperidine rings is 1. The van der Waals surface area contributed by atoms with Crippen molar-refractivity contribution in [1.29, 1.82) is 0 Å². The normalized spacial score (nSPS) is 31.8. The largest absolute Gasteiger partial charge is 0.381 e. The summed E-state index contributed by atoms with van der Waals surface area (Å²) in [6.45, 7) is 4.79. The number of ether oxygens (including phenoxy) is 1. The van der Waals surface area contributed by atoms with Gasteiger partial charge in [0.05, 0.1) is 23.6 Å². The minimum Gasteiger partial charge on any atom is -0.381 e. The molecule has 3 aliphatic rings. The SMILES string of the molecule is COC1CCC(N2CCC(N3c4ccccc4NC3C)CC2)CC1. The third-order valence-electron chi connectivity index (χ3n) is 6.35. The second-order valence-electron chi connectivity index (χ2n) is 7.68. The van der Waals surface area contributed by atoms with Gasteiger partial charge in [-0.3, -0.25) is 0 Å². The van der Waals surface area contributed by atoms with Gasteiger partial charge in [-0.1, -0.05) is 12.1 Å². The molecule has 1 aromatic carbocycles. The Kier molecular flexibility index (Phi) is 4.68. The number of anilines is 2. The summed E-state index contributed by atoms with van der Waals surface area (Å²) < 4.78 is 5.52. The lowest BCUT2D eigenvalue weighted by molar-refractivity contribution is 0.0319. The van der Waals surface area contributed by atoms with Gasteiger partial charge in [0, 0.05) is 32.3 Å². The molecule has 1 N–H and O–H groups in total. The third-order valence-corrected chi connectivity index (χ3v) is 6.35. The van der Waals surface area contributed by atoms with Crippen LogP contribution in [0.3, 0.4) is 0 Å². The van der Waals surface area contributed by atoms with Gasteiger partial charge in [0.1, 0.15) is 0 Å². The van der Waals surface area contributed by atoms with Gasteiger partial charge in [0.25, 0.3) is 0 Å². The van der Waals surface area contributed by atoms with Crippen LogP contribution in [-0.4, -0.2) is 49.5 Å². The Morgan fingerprint density at radius 2 is 1.67 bits per heavy atom. The summed E-state index contributed by atoms with van der Waals surface area (Å²) in [7, 11) is 1.86. The molecule has 1 atom stereocenters. The Morgan fingerprint density at radius 1 is 0.958 bits per heavy atom. The van der Waals surface area contributed by atoms with Gasteiger partial charge < -0.3 is 19.9 Å². The lowest BCUT2D eigenvalue weighted by Crippen LogP contribution is -2.51. The number of methoxy groups -OCH3 is 1. The molecule has 2 fully saturated rings. The Hall–Kier alpha value is -1.26. The zero-order valence-electron chi connectivity index (χ0n) is 15.1. The van der Waals surface area contributed by atoms with Crippen LogP contribution >= 0.6 is 0 Å². The van der Waals surface area contributed by atoms with E-state index in [0.717, 1.165) is 6.04 Å². The van der Waals surface area contributed by atoms with Crippen molar-refractivity contribution in [2.75, 3.05) is 30.4 Å². The molecule has 2 heterocycles. The molecule has 1 aliphatic carbocycles. The van der Waals surface area contributed by atoms with Crippen LogP contribution in [-0.2, 0) is 4.74 Å². The first-order chi connectivity index (χ1) is 11.8. The van der Waals surface area contributed by atoms with E-state index in [4.69, 9.17) is 4.74 Å². The summed E-state index contributed by atoms with van der Waals surface area (Å²) in [6.07, 6.45) is 8.59. The minimum atomic E-state index is 0.413. The van der Waals surface area contributed by atoms with Crippen LogP contribution in [0.2, 0.25) is 0 Å². The van der Waals surface area contributed by atoms with Crippen molar-refractivity contribution in [2.24, 2.45) is 0 Å². The zero-order chi connectivity index (χ0) is 16.5. The first-order valence-electron chi connectivity index (χ1n) is 9.67. The van der Waals surface area contributed by atoms with Gasteiger partial charge in [-0.05, 0) is 57.6 Å². The average molecular weight is 329 g/mol. The number of likely N-dealkylation sites (tertiary alicyclic amines) is 1. The van der Waals surface area contributed by atoms with Crippen LogP contribution in [0.25, 0.3) is 0 Å². The quantitative estimate of drug-likeness (QED) is 0.915. The smallest absolute Gasteiger partial charge is 0.0965 e. The second-order valence-corrected chi connectivity index (χ2v) is 7.68. The fraction of sp³-hybridized carbons (Fsp3) is 0.700. The molecule has 4 heteroatoms. The van der Waals surface area contributed by atoms with E-state index in [0.29, 0.717) is 18.3 Å². The molecule has 1 unspecified atom stereocenters. The molecule has 1 saturated carbocycles. The maximum atomic E-state index is 5.52. The van der Waals surface area contributed by atoms with Crippen LogP contribution in [0.15, 0.2) is 24.3 Å². The van der Waals surface area contributed by atoms with E-state index in [1.807, 2.05) is 7.11 Å². The molecule has 0 bridgehead atoms. The van der Waals surface area contributed by atoms with Crippen molar-refractivity contribution in [3.63, 3.8) is 0 Å². The molecule has 4 nitrogen and oxygen atoms in total. The lowest BCUT2D eigenvalue weighted by Gasteiger charge is -2.44.